The molecule has 2 fully saturated rings. The van der Waals surface area contributed by atoms with E-state index in [9.17, 15) is 25.7 Å². The number of rotatable bonds is 3. The van der Waals surface area contributed by atoms with Gasteiger partial charge in [0.25, 0.3) is 5.69 Å². The quantitative estimate of drug-likeness (QED) is 0.591. The van der Waals surface area contributed by atoms with Crippen LogP contribution < -0.4 is 10.7 Å². The topological polar surface area (TPSA) is 142 Å². The second-order valence-electron chi connectivity index (χ2n) is 5.99. The first-order valence-electron chi connectivity index (χ1n) is 8.29. The number of piperidine rings is 1. The minimum atomic E-state index is -0.718. The van der Waals surface area contributed by atoms with Gasteiger partial charge in [0.15, 0.2) is 12.3 Å². The van der Waals surface area contributed by atoms with Crippen LogP contribution in [0.2, 0.25) is 0 Å². The highest BCUT2D eigenvalue weighted by Crippen LogP contribution is 2.52. The maximum Gasteiger partial charge on any atom is 0.269 e. The molecule has 0 spiro atoms. The summed E-state index contributed by atoms with van der Waals surface area (Å²) in [7, 11) is 0. The fourth-order valence-corrected chi connectivity index (χ4v) is 3.02. The minimum Gasteiger partial charge on any atom is -0.258 e. The molecule has 4 rings (SSSR count). The minimum absolute atomic E-state index is 0.00955. The number of benzene rings is 2. The molecule has 0 aliphatic carbocycles. The first kappa shape index (κ1) is 19.0. The smallest absolute Gasteiger partial charge is 0.258 e. The van der Waals surface area contributed by atoms with Crippen LogP contribution in [0, 0.1) is 69.1 Å². The molecule has 0 aromatic heterocycles. The summed E-state index contributed by atoms with van der Waals surface area (Å²) in [6, 6.07) is 18.0. The molecule has 2 heterocycles. The SMILES string of the molecule is N#C[C]1[C](c2ccc([N+](=O)[O-])cc2)[C](C#N)[C]2[N][C](c3ccccc3)[N]N2[C]1[O]. The molecular formula is C20H9N6O3. The van der Waals surface area contributed by atoms with E-state index in [1.165, 1.54) is 24.3 Å². The second-order valence-corrected chi connectivity index (χ2v) is 5.99. The molecule has 29 heavy (non-hydrogen) atoms. The van der Waals surface area contributed by atoms with Crippen molar-refractivity contribution >= 4 is 5.69 Å². The summed E-state index contributed by atoms with van der Waals surface area (Å²) in [5.74, 6) is -0.216. The Balaban J connectivity index is 1.69. The van der Waals surface area contributed by atoms with Gasteiger partial charge >= 0.3 is 0 Å². The van der Waals surface area contributed by atoms with Crippen molar-refractivity contribution in [2.75, 3.05) is 0 Å². The molecule has 2 saturated heterocycles. The number of nitro benzene ring substituents is 1. The van der Waals surface area contributed by atoms with Crippen molar-refractivity contribution in [2.45, 2.75) is 0 Å². The van der Waals surface area contributed by atoms with Crippen molar-refractivity contribution in [3.63, 3.8) is 0 Å². The van der Waals surface area contributed by atoms with Gasteiger partial charge in [-0.3, -0.25) is 10.1 Å². The zero-order chi connectivity index (χ0) is 20.5. The summed E-state index contributed by atoms with van der Waals surface area (Å²) < 4.78 is 0. The standard InChI is InChI=1S/C20H9N6O3/c21-10-15-17(12-6-8-14(9-7-12)26(28)29)16(11-22)20(27)25-19(15)23-18(24-25)13-4-2-1-3-5-13/h1-9H. The van der Waals surface area contributed by atoms with Crippen LogP contribution in [0.4, 0.5) is 5.69 Å². The van der Waals surface area contributed by atoms with Crippen LogP contribution in [-0.2, 0) is 5.11 Å². The van der Waals surface area contributed by atoms with Crippen LogP contribution in [0.1, 0.15) is 11.1 Å². The summed E-state index contributed by atoms with van der Waals surface area (Å²) in [5.41, 5.74) is 5.00. The lowest BCUT2D eigenvalue weighted by atomic mass is 9.72. The summed E-state index contributed by atoms with van der Waals surface area (Å²) in [4.78, 5) is 10.3. The monoisotopic (exact) mass is 381 g/mol. The average molecular weight is 381 g/mol. The van der Waals surface area contributed by atoms with E-state index in [0.29, 0.717) is 11.1 Å². The Labute approximate surface area is 166 Å². The Morgan fingerprint density at radius 3 is 2.17 bits per heavy atom. The molecular weight excluding hydrogens is 372 g/mol. The van der Waals surface area contributed by atoms with Gasteiger partial charge in [0, 0.05) is 12.1 Å². The molecule has 0 N–H and O–H groups in total. The van der Waals surface area contributed by atoms with Crippen LogP contribution in [0.3, 0.4) is 0 Å². The van der Waals surface area contributed by atoms with Crippen LogP contribution in [0.5, 0.6) is 0 Å². The third-order valence-corrected chi connectivity index (χ3v) is 4.36. The number of non-ortho nitro benzene ring substituents is 1. The maximum absolute atomic E-state index is 12.9. The van der Waals surface area contributed by atoms with Gasteiger partial charge < -0.3 is 0 Å². The van der Waals surface area contributed by atoms with E-state index in [0.717, 1.165) is 5.01 Å². The summed E-state index contributed by atoms with van der Waals surface area (Å²) in [6.45, 7) is 0. The molecule has 137 valence electrons. The van der Waals surface area contributed by atoms with Gasteiger partial charge in [-0.2, -0.15) is 20.8 Å². The molecule has 0 saturated carbocycles. The second kappa shape index (κ2) is 7.59. The maximum atomic E-state index is 12.9. The average Bonchev–Trinajstić information content (AvgIpc) is 3.20. The van der Waals surface area contributed by atoms with Crippen LogP contribution in [0.25, 0.3) is 0 Å². The number of hydrogen-bond donors (Lipinski definition) is 0. The fraction of sp³-hybridized carbons (Fsp3) is 0. The normalized spacial score (nSPS) is 20.2. The molecule has 9 nitrogen and oxygen atoms in total. The number of nitriles is 2. The van der Waals surface area contributed by atoms with E-state index >= 15 is 0 Å². The van der Waals surface area contributed by atoms with Crippen LogP contribution >= 0.6 is 0 Å². The highest BCUT2D eigenvalue weighted by Gasteiger charge is 2.59. The number of hydrogen-bond acceptors (Lipinski definition) is 5. The summed E-state index contributed by atoms with van der Waals surface area (Å²) in [6.07, 6.45) is -0.461. The molecule has 9 heteroatoms. The van der Waals surface area contributed by atoms with Gasteiger partial charge in [-0.25, -0.2) is 5.11 Å². The fourth-order valence-electron chi connectivity index (χ4n) is 3.02. The van der Waals surface area contributed by atoms with Gasteiger partial charge in [-0.05, 0) is 11.1 Å². The van der Waals surface area contributed by atoms with Crippen molar-refractivity contribution in [1.29, 1.82) is 10.5 Å². The molecule has 0 bridgehead atoms. The Bertz CT molecular complexity index is 984. The van der Waals surface area contributed by atoms with Crippen molar-refractivity contribution in [1.82, 2.24) is 15.8 Å². The van der Waals surface area contributed by atoms with E-state index in [4.69, 9.17) is 0 Å². The first-order valence-corrected chi connectivity index (χ1v) is 8.29. The zero-order valence-corrected chi connectivity index (χ0v) is 14.6. The molecule has 0 unspecified atom stereocenters. The predicted molar refractivity (Wildman–Crippen MR) is 95.2 cm³/mol. The lowest BCUT2D eigenvalue weighted by molar-refractivity contribution is -0.384. The van der Waals surface area contributed by atoms with Crippen molar-refractivity contribution < 1.29 is 10.0 Å². The highest BCUT2D eigenvalue weighted by atomic mass is 16.6. The molecule has 2 aromatic carbocycles. The van der Waals surface area contributed by atoms with Crippen molar-refractivity contribution in [3.8, 4) is 12.1 Å². The Hall–Kier alpha value is -3.34. The van der Waals surface area contributed by atoms with Crippen LogP contribution in [-0.4, -0.2) is 9.93 Å². The first-order chi connectivity index (χ1) is 14.0. The van der Waals surface area contributed by atoms with E-state index < -0.39 is 11.2 Å². The Morgan fingerprint density at radius 1 is 0.931 bits per heavy atom. The Kier molecular flexibility index (Phi) is 4.97. The van der Waals surface area contributed by atoms with Crippen molar-refractivity contribution in [2.24, 2.45) is 0 Å². The molecule has 2 aliphatic rings. The third-order valence-electron chi connectivity index (χ3n) is 4.36. The highest BCUT2D eigenvalue weighted by molar-refractivity contribution is 5.67. The van der Waals surface area contributed by atoms with Gasteiger partial charge in [-0.1, -0.05) is 42.5 Å². The van der Waals surface area contributed by atoms with Gasteiger partial charge in [0.2, 0.25) is 6.23 Å². The van der Waals surface area contributed by atoms with E-state index in [1.807, 2.05) is 18.2 Å². The number of nitrogens with zero attached hydrogens (tertiary/aromatic N) is 6. The van der Waals surface area contributed by atoms with Gasteiger partial charge in [0.05, 0.1) is 23.0 Å². The van der Waals surface area contributed by atoms with E-state index in [2.05, 4.69) is 10.7 Å². The largest absolute Gasteiger partial charge is 0.269 e. The third kappa shape index (κ3) is 3.23. The molecule has 9 radical (unpaired) electrons. The predicted octanol–water partition coefficient (Wildman–Crippen LogP) is 2.11. The van der Waals surface area contributed by atoms with Gasteiger partial charge in [-0.15, -0.1) is 5.43 Å². The van der Waals surface area contributed by atoms with Crippen molar-refractivity contribution in [3.05, 3.63) is 112 Å². The molecule has 2 aliphatic heterocycles. The lowest BCUT2D eigenvalue weighted by Gasteiger charge is -2.38. The lowest BCUT2D eigenvalue weighted by Crippen LogP contribution is -2.47. The van der Waals surface area contributed by atoms with E-state index in [-0.39, 0.29) is 35.8 Å². The summed E-state index contributed by atoms with van der Waals surface area (Å²) >= 11 is 0. The van der Waals surface area contributed by atoms with E-state index in [1.54, 1.807) is 24.3 Å². The number of nitro groups is 1. The van der Waals surface area contributed by atoms with Gasteiger partial charge in [0.1, 0.15) is 11.8 Å². The van der Waals surface area contributed by atoms with Crippen LogP contribution in [0.15, 0.2) is 54.6 Å². The molecule has 0 amide bonds. The summed E-state index contributed by atoms with van der Waals surface area (Å²) in [5, 5.41) is 48.4. The Morgan fingerprint density at radius 2 is 1.59 bits per heavy atom. The molecule has 0 atom stereocenters. The number of fused-ring (bicyclic) bond motifs is 1. The zero-order valence-electron chi connectivity index (χ0n) is 14.6. The molecule has 2 aromatic rings.